The van der Waals surface area contributed by atoms with Crippen LogP contribution in [-0.2, 0) is 16.9 Å². The van der Waals surface area contributed by atoms with Crippen molar-refractivity contribution in [2.75, 3.05) is 6.54 Å². The van der Waals surface area contributed by atoms with E-state index in [1.807, 2.05) is 45.2 Å². The second-order valence-corrected chi connectivity index (χ2v) is 14.8. The Morgan fingerprint density at radius 1 is 1.07 bits per heavy atom. The molecule has 6 rings (SSSR count). The highest BCUT2D eigenvalue weighted by Gasteiger charge is 2.58. The number of aromatic nitrogens is 1. The van der Waals surface area contributed by atoms with Crippen molar-refractivity contribution in [3.05, 3.63) is 70.4 Å². The summed E-state index contributed by atoms with van der Waals surface area (Å²) in [6.07, 6.45) is 5.13. The Kier molecular flexibility index (Phi) is 6.90. The maximum atomic E-state index is 14.2. The van der Waals surface area contributed by atoms with Gasteiger partial charge in [-0.15, -0.1) is 0 Å². The second kappa shape index (κ2) is 9.88. The molecule has 1 aliphatic heterocycles. The van der Waals surface area contributed by atoms with Gasteiger partial charge in [-0.2, -0.15) is 0 Å². The number of likely N-dealkylation sites (tertiary alicyclic amines) is 1. The monoisotopic (exact) mass is 578 g/mol. The van der Waals surface area contributed by atoms with Gasteiger partial charge < -0.3 is 9.84 Å². The first-order valence-corrected chi connectivity index (χ1v) is 15.4. The molecule has 2 aliphatic carbocycles. The summed E-state index contributed by atoms with van der Waals surface area (Å²) in [5, 5.41) is 11.6. The maximum absolute atomic E-state index is 14.2. The molecule has 1 N–H and O–H groups in total. The predicted octanol–water partition coefficient (Wildman–Crippen LogP) is 8.59. The molecule has 42 heavy (non-hydrogen) atoms. The van der Waals surface area contributed by atoms with Crippen molar-refractivity contribution in [2.45, 2.75) is 116 Å². The molecule has 1 aromatic heterocycles. The lowest BCUT2D eigenvalue weighted by molar-refractivity contribution is -0.186. The van der Waals surface area contributed by atoms with Crippen molar-refractivity contribution in [3.8, 4) is 0 Å². The van der Waals surface area contributed by atoms with Crippen molar-refractivity contribution >= 4 is 17.0 Å². The number of carbonyl (C=O) groups is 1. The van der Waals surface area contributed by atoms with Crippen LogP contribution in [0.5, 0.6) is 0 Å². The van der Waals surface area contributed by atoms with Gasteiger partial charge in [-0.25, -0.2) is 13.6 Å². The third-order valence-electron chi connectivity index (χ3n) is 9.54. The molecule has 3 aromatic rings. The lowest BCUT2D eigenvalue weighted by Gasteiger charge is -2.55. The van der Waals surface area contributed by atoms with E-state index in [-0.39, 0.29) is 30.4 Å². The number of piperidine rings is 1. The predicted molar refractivity (Wildman–Crippen MR) is 161 cm³/mol. The number of ether oxygens (including phenoxy) is 1. The van der Waals surface area contributed by atoms with Gasteiger partial charge in [0.05, 0.1) is 11.1 Å². The first-order valence-electron chi connectivity index (χ1n) is 15.4. The number of aliphatic hydroxyl groups is 1. The van der Waals surface area contributed by atoms with Gasteiger partial charge in [0.2, 0.25) is 5.92 Å². The Balaban J connectivity index is 1.39. The molecule has 226 valence electrons. The normalized spacial score (nSPS) is 22.4. The van der Waals surface area contributed by atoms with Crippen molar-refractivity contribution in [2.24, 2.45) is 5.41 Å². The van der Waals surface area contributed by atoms with Crippen molar-refractivity contribution in [1.82, 2.24) is 9.47 Å². The molecule has 1 atom stereocenters. The van der Waals surface area contributed by atoms with E-state index in [2.05, 4.69) is 30.0 Å². The minimum absolute atomic E-state index is 0.0120. The molecular formula is C35H44F2N2O3. The van der Waals surface area contributed by atoms with E-state index < -0.39 is 17.1 Å². The van der Waals surface area contributed by atoms with Crippen LogP contribution in [0.4, 0.5) is 13.6 Å². The van der Waals surface area contributed by atoms with E-state index in [9.17, 15) is 18.7 Å². The average molecular weight is 579 g/mol. The number of benzene rings is 2. The number of alkyl halides is 2. The van der Waals surface area contributed by atoms with Crippen LogP contribution in [0.3, 0.4) is 0 Å². The molecule has 0 bridgehead atoms. The van der Waals surface area contributed by atoms with Crippen LogP contribution in [0, 0.1) is 12.3 Å². The summed E-state index contributed by atoms with van der Waals surface area (Å²) >= 11 is 0. The van der Waals surface area contributed by atoms with Gasteiger partial charge >= 0.3 is 6.09 Å². The van der Waals surface area contributed by atoms with Crippen molar-refractivity contribution in [1.29, 1.82) is 0 Å². The highest BCUT2D eigenvalue weighted by molar-refractivity contribution is 5.94. The fourth-order valence-electron chi connectivity index (χ4n) is 7.40. The van der Waals surface area contributed by atoms with Gasteiger partial charge in [-0.05, 0) is 119 Å². The van der Waals surface area contributed by atoms with Crippen LogP contribution in [0.2, 0.25) is 0 Å². The summed E-state index contributed by atoms with van der Waals surface area (Å²) in [5.74, 6) is -2.05. The van der Waals surface area contributed by atoms with E-state index in [1.165, 1.54) is 11.1 Å². The third kappa shape index (κ3) is 5.62. The molecule has 3 aliphatic rings. The molecule has 0 amide bonds. The van der Waals surface area contributed by atoms with Crippen molar-refractivity contribution in [3.63, 3.8) is 0 Å². The number of carbonyl (C=O) groups excluding carboxylic acids is 1. The third-order valence-corrected chi connectivity index (χ3v) is 9.54. The Hall–Kier alpha value is -2.77. The van der Waals surface area contributed by atoms with Gasteiger partial charge in [-0.1, -0.05) is 30.3 Å². The molecule has 7 heteroatoms. The SMILES string of the molecule is Cc1cc(C2CC2)c(CN2CCC3(C[C@@H]2c2ccc(C(C)(C)O)cc2)CC(F)(F)C3)c2ccn(C(=O)OC(C)(C)C)c12. The maximum Gasteiger partial charge on any atom is 0.418 e. The number of aryl methyl sites for hydroxylation is 1. The van der Waals surface area contributed by atoms with Crippen LogP contribution in [-0.4, -0.2) is 38.7 Å². The highest BCUT2D eigenvalue weighted by Crippen LogP contribution is 2.60. The number of halogens is 2. The number of fused-ring (bicyclic) bond motifs is 1. The van der Waals surface area contributed by atoms with Crippen LogP contribution in [0.1, 0.15) is 113 Å². The Morgan fingerprint density at radius 3 is 2.31 bits per heavy atom. The summed E-state index contributed by atoms with van der Waals surface area (Å²) in [7, 11) is 0. The number of hydrogen-bond acceptors (Lipinski definition) is 4. The molecule has 1 saturated heterocycles. The first kappa shape index (κ1) is 29.3. The number of rotatable bonds is 5. The largest absolute Gasteiger partial charge is 0.443 e. The smallest absolute Gasteiger partial charge is 0.418 e. The summed E-state index contributed by atoms with van der Waals surface area (Å²) in [6.45, 7) is 12.6. The topological polar surface area (TPSA) is 54.7 Å². The highest BCUT2D eigenvalue weighted by atomic mass is 19.3. The molecular weight excluding hydrogens is 534 g/mol. The van der Waals surface area contributed by atoms with Gasteiger partial charge in [0.15, 0.2) is 0 Å². The number of nitrogens with zero attached hydrogens (tertiary/aromatic N) is 2. The minimum Gasteiger partial charge on any atom is -0.443 e. The Bertz CT molecular complexity index is 1500. The minimum atomic E-state index is -2.57. The Labute approximate surface area is 247 Å². The first-order chi connectivity index (χ1) is 19.5. The molecule has 2 aromatic carbocycles. The zero-order chi connectivity index (χ0) is 30.2. The van der Waals surface area contributed by atoms with E-state index in [1.54, 1.807) is 18.4 Å². The van der Waals surface area contributed by atoms with Crippen LogP contribution >= 0.6 is 0 Å². The summed E-state index contributed by atoms with van der Waals surface area (Å²) in [5.41, 5.74) is 4.55. The molecule has 0 unspecified atom stereocenters. The molecule has 1 spiro atoms. The fourth-order valence-corrected chi connectivity index (χ4v) is 7.40. The lowest BCUT2D eigenvalue weighted by Crippen LogP contribution is -2.53. The van der Waals surface area contributed by atoms with Crippen LogP contribution < -0.4 is 0 Å². The summed E-state index contributed by atoms with van der Waals surface area (Å²) in [6, 6.07) is 12.3. The quantitative estimate of drug-likeness (QED) is 0.329. The lowest BCUT2D eigenvalue weighted by atomic mass is 9.59. The second-order valence-electron chi connectivity index (χ2n) is 14.8. The van der Waals surface area contributed by atoms with Gasteiger partial charge in [-0.3, -0.25) is 9.47 Å². The standard InChI is InChI=1S/C35H44F2N2O3/c1-22-17-27(23-7-8-23)28(26-13-15-39(30(22)26)31(40)42-32(2,3)4)19-38-16-14-34(20-35(36,37)21-34)18-29(38)24-9-11-25(12-10-24)33(5,6)41/h9-13,15,17,23,29,41H,7-8,14,16,18-21H2,1-6H3/t29-/m1/s1. The fraction of sp³-hybridized carbons (Fsp3) is 0.571. The summed E-state index contributed by atoms with van der Waals surface area (Å²) in [4.78, 5) is 15.6. The van der Waals surface area contributed by atoms with E-state index >= 15 is 0 Å². The van der Waals surface area contributed by atoms with E-state index in [0.29, 0.717) is 18.9 Å². The van der Waals surface area contributed by atoms with E-state index in [4.69, 9.17) is 4.74 Å². The zero-order valence-corrected chi connectivity index (χ0v) is 25.8. The molecule has 2 saturated carbocycles. The van der Waals surface area contributed by atoms with Crippen LogP contribution in [0.15, 0.2) is 42.6 Å². The van der Waals surface area contributed by atoms with E-state index in [0.717, 1.165) is 53.4 Å². The molecule has 3 fully saturated rings. The van der Waals surface area contributed by atoms with Gasteiger partial charge in [0.1, 0.15) is 5.60 Å². The number of hydrogen-bond donors (Lipinski definition) is 1. The average Bonchev–Trinajstić information content (AvgIpc) is 3.61. The van der Waals surface area contributed by atoms with Crippen molar-refractivity contribution < 1.29 is 23.4 Å². The molecule has 0 radical (unpaired) electrons. The molecule has 2 heterocycles. The summed E-state index contributed by atoms with van der Waals surface area (Å²) < 4.78 is 35.7. The van der Waals surface area contributed by atoms with Gasteiger partial charge in [0.25, 0.3) is 0 Å². The zero-order valence-electron chi connectivity index (χ0n) is 25.8. The Morgan fingerprint density at radius 2 is 1.74 bits per heavy atom. The van der Waals surface area contributed by atoms with Crippen LogP contribution in [0.25, 0.3) is 10.9 Å². The molecule has 5 nitrogen and oxygen atoms in total. The van der Waals surface area contributed by atoms with Gasteiger partial charge in [0, 0.05) is 37.0 Å².